The highest BCUT2D eigenvalue weighted by atomic mass is 32.1. The molecule has 0 radical (unpaired) electrons. The first-order chi connectivity index (χ1) is 7.63. The van der Waals surface area contributed by atoms with Crippen LogP contribution in [-0.2, 0) is 11.3 Å². The molecule has 0 amide bonds. The van der Waals surface area contributed by atoms with E-state index in [-0.39, 0.29) is 0 Å². The molecule has 1 aliphatic rings. The fourth-order valence-corrected chi connectivity index (χ4v) is 3.20. The first kappa shape index (κ1) is 11.9. The standard InChI is InChI=1S/C12H20N2OS/c1-8-3-9(2)5-10(4-8)15-7-11-6-14-12(13)16-11/h6,8-10H,3-5,7H2,1-2H3,(H2,13,14). The van der Waals surface area contributed by atoms with E-state index in [2.05, 4.69) is 18.8 Å². The summed E-state index contributed by atoms with van der Waals surface area (Å²) in [5, 5.41) is 0.629. The highest BCUT2D eigenvalue weighted by molar-refractivity contribution is 7.15. The second-order valence-corrected chi connectivity index (χ2v) is 6.16. The Morgan fingerprint density at radius 3 is 2.62 bits per heavy atom. The number of ether oxygens (including phenoxy) is 1. The van der Waals surface area contributed by atoms with Gasteiger partial charge >= 0.3 is 0 Å². The predicted molar refractivity (Wildman–Crippen MR) is 67.3 cm³/mol. The number of hydrogen-bond donors (Lipinski definition) is 1. The third-order valence-electron chi connectivity index (χ3n) is 3.17. The van der Waals surface area contributed by atoms with Crippen molar-refractivity contribution in [3.8, 4) is 0 Å². The molecule has 90 valence electrons. The molecule has 2 N–H and O–H groups in total. The molecule has 1 aliphatic carbocycles. The normalized spacial score (nSPS) is 30.5. The van der Waals surface area contributed by atoms with Gasteiger partial charge in [-0.3, -0.25) is 0 Å². The SMILES string of the molecule is CC1CC(C)CC(OCc2cnc(N)s2)C1. The maximum Gasteiger partial charge on any atom is 0.180 e. The Morgan fingerprint density at radius 1 is 1.38 bits per heavy atom. The number of nitrogens with zero attached hydrogens (tertiary/aromatic N) is 1. The van der Waals surface area contributed by atoms with E-state index in [4.69, 9.17) is 10.5 Å². The largest absolute Gasteiger partial charge is 0.375 e. The molecule has 0 saturated heterocycles. The molecule has 1 saturated carbocycles. The van der Waals surface area contributed by atoms with Gasteiger partial charge in [0.25, 0.3) is 0 Å². The van der Waals surface area contributed by atoms with Gasteiger partial charge in [0.15, 0.2) is 5.13 Å². The van der Waals surface area contributed by atoms with Gasteiger partial charge < -0.3 is 10.5 Å². The summed E-state index contributed by atoms with van der Waals surface area (Å²) >= 11 is 1.52. The molecule has 3 nitrogen and oxygen atoms in total. The van der Waals surface area contributed by atoms with E-state index in [1.165, 1.54) is 30.6 Å². The average molecular weight is 240 g/mol. The molecule has 0 aromatic carbocycles. The van der Waals surface area contributed by atoms with Crippen LogP contribution >= 0.6 is 11.3 Å². The lowest BCUT2D eigenvalue weighted by Gasteiger charge is -2.31. The van der Waals surface area contributed by atoms with Crippen molar-refractivity contribution in [2.45, 2.75) is 45.8 Å². The number of nitrogens with two attached hydrogens (primary N) is 1. The monoisotopic (exact) mass is 240 g/mol. The van der Waals surface area contributed by atoms with Crippen molar-refractivity contribution in [1.82, 2.24) is 4.98 Å². The van der Waals surface area contributed by atoms with Crippen LogP contribution in [0.1, 0.15) is 38.0 Å². The minimum atomic E-state index is 0.419. The number of anilines is 1. The van der Waals surface area contributed by atoms with Crippen LogP contribution in [-0.4, -0.2) is 11.1 Å². The minimum absolute atomic E-state index is 0.419. The number of rotatable bonds is 3. The minimum Gasteiger partial charge on any atom is -0.375 e. The number of nitrogen functional groups attached to an aromatic ring is 1. The molecule has 1 heterocycles. The van der Waals surface area contributed by atoms with Crippen LogP contribution in [0.15, 0.2) is 6.20 Å². The summed E-state index contributed by atoms with van der Waals surface area (Å²) in [6.45, 7) is 5.30. The van der Waals surface area contributed by atoms with Gasteiger partial charge in [-0.1, -0.05) is 25.2 Å². The van der Waals surface area contributed by atoms with Crippen molar-refractivity contribution < 1.29 is 4.74 Å². The molecule has 4 heteroatoms. The van der Waals surface area contributed by atoms with Crippen LogP contribution in [0.5, 0.6) is 0 Å². The summed E-state index contributed by atoms with van der Waals surface area (Å²) in [6.07, 6.45) is 5.96. The third-order valence-corrected chi connectivity index (χ3v) is 3.97. The lowest BCUT2D eigenvalue weighted by molar-refractivity contribution is -0.00809. The van der Waals surface area contributed by atoms with E-state index in [0.717, 1.165) is 16.7 Å². The van der Waals surface area contributed by atoms with Crippen molar-refractivity contribution in [2.24, 2.45) is 11.8 Å². The van der Waals surface area contributed by atoms with E-state index < -0.39 is 0 Å². The first-order valence-electron chi connectivity index (χ1n) is 5.95. The van der Waals surface area contributed by atoms with Gasteiger partial charge in [0.05, 0.1) is 17.6 Å². The lowest BCUT2D eigenvalue weighted by atomic mass is 9.82. The molecule has 16 heavy (non-hydrogen) atoms. The maximum absolute atomic E-state index is 5.94. The summed E-state index contributed by atoms with van der Waals surface area (Å²) in [6, 6.07) is 0. The van der Waals surface area contributed by atoms with Gasteiger partial charge in [-0.25, -0.2) is 4.98 Å². The summed E-state index contributed by atoms with van der Waals surface area (Å²) in [4.78, 5) is 5.15. The fourth-order valence-electron chi connectivity index (χ4n) is 2.60. The van der Waals surface area contributed by atoms with Crippen LogP contribution in [0.25, 0.3) is 0 Å². The van der Waals surface area contributed by atoms with E-state index in [1.54, 1.807) is 0 Å². The lowest BCUT2D eigenvalue weighted by Crippen LogP contribution is -2.26. The number of thiazole rings is 1. The summed E-state index contributed by atoms with van der Waals surface area (Å²) in [5.41, 5.74) is 5.58. The second kappa shape index (κ2) is 5.15. The highest BCUT2D eigenvalue weighted by Gasteiger charge is 2.24. The third kappa shape index (κ3) is 3.19. The molecule has 2 unspecified atom stereocenters. The summed E-state index contributed by atoms with van der Waals surface area (Å²) in [5.74, 6) is 1.58. The molecule has 1 aromatic heterocycles. The number of aromatic nitrogens is 1. The molecule has 0 aliphatic heterocycles. The Bertz CT molecular complexity index is 330. The van der Waals surface area contributed by atoms with Crippen molar-refractivity contribution in [3.63, 3.8) is 0 Å². The van der Waals surface area contributed by atoms with Crippen molar-refractivity contribution in [2.75, 3.05) is 5.73 Å². The van der Waals surface area contributed by atoms with Crippen LogP contribution in [0.2, 0.25) is 0 Å². The molecule has 0 spiro atoms. The van der Waals surface area contributed by atoms with Crippen LogP contribution < -0.4 is 5.73 Å². The van der Waals surface area contributed by atoms with Gasteiger partial charge in [-0.15, -0.1) is 0 Å². The Labute approximate surface area is 101 Å². The van der Waals surface area contributed by atoms with Gasteiger partial charge in [0, 0.05) is 6.20 Å². The zero-order chi connectivity index (χ0) is 11.5. The van der Waals surface area contributed by atoms with E-state index in [0.29, 0.717) is 17.8 Å². The maximum atomic E-state index is 5.94. The van der Waals surface area contributed by atoms with Crippen molar-refractivity contribution in [3.05, 3.63) is 11.1 Å². The average Bonchev–Trinajstić information content (AvgIpc) is 2.60. The highest BCUT2D eigenvalue weighted by Crippen LogP contribution is 2.31. The summed E-state index contributed by atoms with van der Waals surface area (Å²) < 4.78 is 5.94. The molecular weight excluding hydrogens is 220 g/mol. The van der Waals surface area contributed by atoms with E-state index in [1.807, 2.05) is 6.20 Å². The van der Waals surface area contributed by atoms with Crippen LogP contribution in [0.3, 0.4) is 0 Å². The fraction of sp³-hybridized carbons (Fsp3) is 0.750. The molecular formula is C12H20N2OS. The van der Waals surface area contributed by atoms with Crippen LogP contribution in [0.4, 0.5) is 5.13 Å². The topological polar surface area (TPSA) is 48.1 Å². The van der Waals surface area contributed by atoms with Crippen molar-refractivity contribution in [1.29, 1.82) is 0 Å². The smallest absolute Gasteiger partial charge is 0.180 e. The molecule has 1 aromatic rings. The number of hydrogen-bond acceptors (Lipinski definition) is 4. The van der Waals surface area contributed by atoms with Gasteiger partial charge in [-0.05, 0) is 31.1 Å². The Balaban J connectivity index is 1.81. The molecule has 2 rings (SSSR count). The molecule has 1 fully saturated rings. The Kier molecular flexibility index (Phi) is 3.82. The zero-order valence-electron chi connectivity index (χ0n) is 9.98. The molecule has 0 bridgehead atoms. The van der Waals surface area contributed by atoms with Gasteiger partial charge in [-0.2, -0.15) is 0 Å². The Hall–Kier alpha value is -0.610. The zero-order valence-corrected chi connectivity index (χ0v) is 10.8. The van der Waals surface area contributed by atoms with E-state index in [9.17, 15) is 0 Å². The first-order valence-corrected chi connectivity index (χ1v) is 6.77. The van der Waals surface area contributed by atoms with E-state index >= 15 is 0 Å². The summed E-state index contributed by atoms with van der Waals surface area (Å²) in [7, 11) is 0. The quantitative estimate of drug-likeness (QED) is 0.883. The molecule has 2 atom stereocenters. The second-order valence-electron chi connectivity index (χ2n) is 5.02. The Morgan fingerprint density at radius 2 is 2.06 bits per heavy atom. The van der Waals surface area contributed by atoms with Gasteiger partial charge in [0.1, 0.15) is 0 Å². The van der Waals surface area contributed by atoms with Crippen LogP contribution in [0, 0.1) is 11.8 Å². The predicted octanol–water partition coefficient (Wildman–Crippen LogP) is 3.07. The van der Waals surface area contributed by atoms with Crippen molar-refractivity contribution >= 4 is 16.5 Å². The van der Waals surface area contributed by atoms with Gasteiger partial charge in [0.2, 0.25) is 0 Å².